The number of nitrogens with one attached hydrogen (secondary N) is 2. The number of anilines is 1. The second kappa shape index (κ2) is 7.45. The second-order valence-electron chi connectivity index (χ2n) is 5.94. The summed E-state index contributed by atoms with van der Waals surface area (Å²) in [6.07, 6.45) is 2.80. The first kappa shape index (κ1) is 16.5. The van der Waals surface area contributed by atoms with Gasteiger partial charge in [-0.3, -0.25) is 9.63 Å². The molecule has 24 heavy (non-hydrogen) atoms. The van der Waals surface area contributed by atoms with Gasteiger partial charge in [-0.2, -0.15) is 0 Å². The average molecular weight is 328 g/mol. The standard InChI is InChI=1S/C19H21FN2O2/c1-2-24-22-19(23)14-4-3-13-5-8-18(12-15(13)11-14)21-17-9-6-16(20)7-10-17/h3-4,6-7,9-11,18,21H,2,5,8,12H2,1H3,(H,22,23). The Morgan fingerprint density at radius 3 is 2.75 bits per heavy atom. The minimum Gasteiger partial charge on any atom is -0.382 e. The quantitative estimate of drug-likeness (QED) is 0.826. The molecule has 0 radical (unpaired) electrons. The van der Waals surface area contributed by atoms with Crippen molar-refractivity contribution in [2.45, 2.75) is 32.2 Å². The van der Waals surface area contributed by atoms with Gasteiger partial charge >= 0.3 is 0 Å². The van der Waals surface area contributed by atoms with Crippen LogP contribution in [-0.2, 0) is 17.7 Å². The number of amides is 1. The van der Waals surface area contributed by atoms with Gasteiger partial charge in [-0.15, -0.1) is 0 Å². The van der Waals surface area contributed by atoms with Crippen LogP contribution in [0.15, 0.2) is 42.5 Å². The van der Waals surface area contributed by atoms with Crippen molar-refractivity contribution < 1.29 is 14.0 Å². The molecular formula is C19H21FN2O2. The van der Waals surface area contributed by atoms with Gasteiger partial charge in [0.25, 0.3) is 5.91 Å². The van der Waals surface area contributed by atoms with E-state index in [4.69, 9.17) is 4.84 Å². The van der Waals surface area contributed by atoms with Crippen molar-refractivity contribution in [3.05, 3.63) is 65.0 Å². The maximum absolute atomic E-state index is 13.0. The number of fused-ring (bicyclic) bond motifs is 1. The van der Waals surface area contributed by atoms with E-state index in [-0.39, 0.29) is 17.8 Å². The molecule has 1 aliphatic carbocycles. The van der Waals surface area contributed by atoms with E-state index in [0.717, 1.165) is 24.9 Å². The van der Waals surface area contributed by atoms with Crippen LogP contribution < -0.4 is 10.8 Å². The highest BCUT2D eigenvalue weighted by atomic mass is 19.1. The summed E-state index contributed by atoms with van der Waals surface area (Å²) in [6.45, 7) is 2.25. The number of benzene rings is 2. The summed E-state index contributed by atoms with van der Waals surface area (Å²) in [5, 5.41) is 3.44. The van der Waals surface area contributed by atoms with Gasteiger partial charge in [0.15, 0.2) is 0 Å². The zero-order valence-electron chi connectivity index (χ0n) is 13.6. The lowest BCUT2D eigenvalue weighted by atomic mass is 9.87. The minimum atomic E-state index is -0.237. The number of halogens is 1. The smallest absolute Gasteiger partial charge is 0.274 e. The van der Waals surface area contributed by atoms with Crippen molar-refractivity contribution in [2.24, 2.45) is 0 Å². The molecule has 2 aromatic rings. The number of hydroxylamine groups is 1. The summed E-state index contributed by atoms with van der Waals surface area (Å²) >= 11 is 0. The molecule has 0 saturated carbocycles. The molecule has 0 aromatic heterocycles. The van der Waals surface area contributed by atoms with Gasteiger partial charge in [0.1, 0.15) is 5.82 Å². The predicted octanol–water partition coefficient (Wildman–Crippen LogP) is 3.48. The Hall–Kier alpha value is -2.40. The van der Waals surface area contributed by atoms with Crippen molar-refractivity contribution in [3.63, 3.8) is 0 Å². The third kappa shape index (κ3) is 3.92. The molecule has 0 spiro atoms. The van der Waals surface area contributed by atoms with Gasteiger partial charge in [-0.1, -0.05) is 6.07 Å². The SMILES string of the molecule is CCONC(=O)c1ccc2c(c1)CC(Nc1ccc(F)cc1)CC2. The van der Waals surface area contributed by atoms with E-state index in [9.17, 15) is 9.18 Å². The van der Waals surface area contributed by atoms with Crippen LogP contribution in [0.25, 0.3) is 0 Å². The number of rotatable bonds is 5. The van der Waals surface area contributed by atoms with Crippen LogP contribution in [0, 0.1) is 5.82 Å². The normalized spacial score (nSPS) is 16.3. The number of carbonyl (C=O) groups is 1. The van der Waals surface area contributed by atoms with Crippen LogP contribution in [-0.4, -0.2) is 18.6 Å². The predicted molar refractivity (Wildman–Crippen MR) is 91.4 cm³/mol. The van der Waals surface area contributed by atoms with Crippen molar-refractivity contribution in [3.8, 4) is 0 Å². The van der Waals surface area contributed by atoms with Gasteiger partial charge in [-0.05, 0) is 73.7 Å². The van der Waals surface area contributed by atoms with Crippen LogP contribution in [0.5, 0.6) is 0 Å². The molecule has 2 aromatic carbocycles. The maximum atomic E-state index is 13.0. The van der Waals surface area contributed by atoms with Crippen LogP contribution >= 0.6 is 0 Å². The highest BCUT2D eigenvalue weighted by Crippen LogP contribution is 2.25. The monoisotopic (exact) mass is 328 g/mol. The van der Waals surface area contributed by atoms with E-state index >= 15 is 0 Å². The number of carbonyl (C=O) groups excluding carboxylic acids is 1. The highest BCUT2D eigenvalue weighted by molar-refractivity contribution is 5.93. The summed E-state index contributed by atoms with van der Waals surface area (Å²) in [5.74, 6) is -0.465. The fourth-order valence-corrected chi connectivity index (χ4v) is 3.00. The first-order valence-electron chi connectivity index (χ1n) is 8.21. The third-order valence-electron chi connectivity index (χ3n) is 4.22. The lowest BCUT2D eigenvalue weighted by Gasteiger charge is -2.26. The van der Waals surface area contributed by atoms with Crippen LogP contribution in [0.4, 0.5) is 10.1 Å². The summed E-state index contributed by atoms with van der Waals surface area (Å²) in [4.78, 5) is 17.0. The lowest BCUT2D eigenvalue weighted by Crippen LogP contribution is -2.28. The number of aryl methyl sites for hydroxylation is 1. The van der Waals surface area contributed by atoms with E-state index < -0.39 is 0 Å². The lowest BCUT2D eigenvalue weighted by molar-refractivity contribution is 0.0364. The number of hydrogen-bond donors (Lipinski definition) is 2. The largest absolute Gasteiger partial charge is 0.382 e. The molecule has 1 atom stereocenters. The summed E-state index contributed by atoms with van der Waals surface area (Å²) < 4.78 is 13.0. The van der Waals surface area contributed by atoms with Crippen molar-refractivity contribution >= 4 is 11.6 Å². The van der Waals surface area contributed by atoms with Gasteiger partial charge in [0, 0.05) is 17.3 Å². The third-order valence-corrected chi connectivity index (χ3v) is 4.22. The summed E-state index contributed by atoms with van der Waals surface area (Å²) in [7, 11) is 0. The molecule has 0 fully saturated rings. The molecule has 0 bridgehead atoms. The fourth-order valence-electron chi connectivity index (χ4n) is 3.00. The van der Waals surface area contributed by atoms with E-state index in [0.29, 0.717) is 12.2 Å². The van der Waals surface area contributed by atoms with Crippen molar-refractivity contribution in [1.29, 1.82) is 0 Å². The van der Waals surface area contributed by atoms with Gasteiger partial charge < -0.3 is 5.32 Å². The Morgan fingerprint density at radius 2 is 2.00 bits per heavy atom. The molecule has 1 amide bonds. The zero-order chi connectivity index (χ0) is 16.9. The topological polar surface area (TPSA) is 50.4 Å². The number of hydrogen-bond acceptors (Lipinski definition) is 3. The van der Waals surface area contributed by atoms with E-state index in [1.807, 2.05) is 25.1 Å². The molecule has 1 unspecified atom stereocenters. The highest BCUT2D eigenvalue weighted by Gasteiger charge is 2.20. The van der Waals surface area contributed by atoms with Crippen molar-refractivity contribution in [1.82, 2.24) is 5.48 Å². The molecular weight excluding hydrogens is 307 g/mol. The molecule has 126 valence electrons. The van der Waals surface area contributed by atoms with Gasteiger partial charge in [-0.25, -0.2) is 9.87 Å². The van der Waals surface area contributed by atoms with Crippen LogP contribution in [0.1, 0.15) is 34.8 Å². The Kier molecular flexibility index (Phi) is 5.11. The Bertz CT molecular complexity index is 716. The molecule has 4 nitrogen and oxygen atoms in total. The molecule has 0 saturated heterocycles. The molecule has 0 aliphatic heterocycles. The second-order valence-corrected chi connectivity index (χ2v) is 5.94. The first-order chi connectivity index (χ1) is 11.7. The first-order valence-corrected chi connectivity index (χ1v) is 8.21. The van der Waals surface area contributed by atoms with Gasteiger partial charge in [0.05, 0.1) is 6.61 Å². The molecule has 2 N–H and O–H groups in total. The van der Waals surface area contributed by atoms with Gasteiger partial charge in [0.2, 0.25) is 0 Å². The Morgan fingerprint density at radius 1 is 1.21 bits per heavy atom. The summed E-state index contributed by atoms with van der Waals surface area (Å²) in [5.41, 5.74) is 6.38. The van der Waals surface area contributed by atoms with Crippen LogP contribution in [0.2, 0.25) is 0 Å². The zero-order valence-corrected chi connectivity index (χ0v) is 13.6. The fraction of sp³-hybridized carbons (Fsp3) is 0.316. The molecule has 0 heterocycles. The molecule has 5 heteroatoms. The van der Waals surface area contributed by atoms with E-state index in [1.54, 1.807) is 12.1 Å². The summed E-state index contributed by atoms with van der Waals surface area (Å²) in [6, 6.07) is 12.5. The van der Waals surface area contributed by atoms with Crippen LogP contribution in [0.3, 0.4) is 0 Å². The minimum absolute atomic E-state index is 0.228. The Balaban J connectivity index is 1.69. The Labute approximate surface area is 141 Å². The molecule has 3 rings (SSSR count). The van der Waals surface area contributed by atoms with E-state index in [1.165, 1.54) is 23.3 Å². The van der Waals surface area contributed by atoms with E-state index in [2.05, 4.69) is 10.8 Å². The molecule has 1 aliphatic rings. The maximum Gasteiger partial charge on any atom is 0.274 e. The van der Waals surface area contributed by atoms with Crippen molar-refractivity contribution in [2.75, 3.05) is 11.9 Å². The average Bonchev–Trinajstić information content (AvgIpc) is 2.61.